The van der Waals surface area contributed by atoms with E-state index in [1.807, 2.05) is 0 Å². The van der Waals surface area contributed by atoms with Crippen molar-refractivity contribution in [2.75, 3.05) is 4.72 Å². The lowest BCUT2D eigenvalue weighted by Crippen LogP contribution is -2.18. The number of nitrogens with one attached hydrogen (secondary N) is 1. The third kappa shape index (κ3) is 3.34. The zero-order valence-electron chi connectivity index (χ0n) is 9.85. The average Bonchev–Trinajstić information content (AvgIpc) is 3.05. The zero-order chi connectivity index (χ0) is 14.4. The molecule has 9 heteroatoms. The van der Waals surface area contributed by atoms with Crippen LogP contribution in [0.25, 0.3) is 0 Å². The summed E-state index contributed by atoms with van der Waals surface area (Å²) in [5, 5.41) is -0.386. The van der Waals surface area contributed by atoms with Gasteiger partial charge in [-0.25, -0.2) is 16.8 Å². The highest BCUT2D eigenvalue weighted by Crippen LogP contribution is 2.35. The molecule has 2 rings (SSSR count). The first-order valence-corrected chi connectivity index (χ1v) is 9.61. The molecule has 0 atom stereocenters. The molecule has 5 nitrogen and oxygen atoms in total. The lowest BCUT2D eigenvalue weighted by Gasteiger charge is -2.12. The Kier molecular flexibility index (Phi) is 3.77. The van der Waals surface area contributed by atoms with E-state index in [4.69, 9.17) is 22.3 Å². The Hall–Kier alpha value is -0.500. The van der Waals surface area contributed by atoms with E-state index >= 15 is 0 Å². The van der Waals surface area contributed by atoms with Crippen LogP contribution >= 0.6 is 22.3 Å². The van der Waals surface area contributed by atoms with Crippen molar-refractivity contribution in [1.82, 2.24) is 0 Å². The van der Waals surface area contributed by atoms with Crippen LogP contribution in [0, 0.1) is 6.92 Å². The Labute approximate surface area is 121 Å². The third-order valence-electron chi connectivity index (χ3n) is 2.75. The van der Waals surface area contributed by atoms with Crippen LogP contribution in [0.2, 0.25) is 5.02 Å². The van der Waals surface area contributed by atoms with Crippen LogP contribution < -0.4 is 4.72 Å². The average molecular weight is 344 g/mol. The van der Waals surface area contributed by atoms with Gasteiger partial charge in [-0.05, 0) is 37.5 Å². The van der Waals surface area contributed by atoms with Crippen LogP contribution in [0.1, 0.15) is 18.4 Å². The monoisotopic (exact) mass is 343 g/mol. The van der Waals surface area contributed by atoms with E-state index in [1.165, 1.54) is 6.07 Å². The van der Waals surface area contributed by atoms with E-state index in [0.29, 0.717) is 18.4 Å². The van der Waals surface area contributed by atoms with E-state index in [2.05, 4.69) is 4.72 Å². The molecule has 0 bridgehead atoms. The molecule has 0 aliphatic heterocycles. The summed E-state index contributed by atoms with van der Waals surface area (Å²) >= 11 is 5.92. The molecular formula is C10H11Cl2NO4S2. The maximum absolute atomic E-state index is 11.8. The van der Waals surface area contributed by atoms with Crippen molar-refractivity contribution in [1.29, 1.82) is 0 Å². The number of benzene rings is 1. The maximum atomic E-state index is 11.8. The largest absolute Gasteiger partial charge is 0.282 e. The third-order valence-corrected chi connectivity index (χ3v) is 6.22. The molecule has 1 aromatic rings. The molecule has 0 unspecified atom stereocenters. The molecule has 1 fully saturated rings. The first kappa shape index (κ1) is 14.9. The topological polar surface area (TPSA) is 80.3 Å². The lowest BCUT2D eigenvalue weighted by atomic mass is 10.2. The van der Waals surface area contributed by atoms with E-state index < -0.39 is 19.1 Å². The van der Waals surface area contributed by atoms with Crippen molar-refractivity contribution in [3.63, 3.8) is 0 Å². The summed E-state index contributed by atoms with van der Waals surface area (Å²) in [6.45, 7) is 1.56. The van der Waals surface area contributed by atoms with E-state index in [0.717, 1.165) is 6.07 Å². The Morgan fingerprint density at radius 3 is 2.21 bits per heavy atom. The van der Waals surface area contributed by atoms with Crippen molar-refractivity contribution in [3.05, 3.63) is 22.7 Å². The smallest absolute Gasteiger partial charge is 0.261 e. The Bertz CT molecular complexity index is 701. The Balaban J connectivity index is 2.43. The Morgan fingerprint density at radius 2 is 1.79 bits per heavy atom. The highest BCUT2D eigenvalue weighted by Gasteiger charge is 2.36. The normalized spacial score (nSPS) is 16.4. The lowest BCUT2D eigenvalue weighted by molar-refractivity contribution is 0.600. The summed E-state index contributed by atoms with van der Waals surface area (Å²) < 4.78 is 48.5. The SMILES string of the molecule is Cc1cc(S(=O)(=O)Cl)cc(Cl)c1NS(=O)(=O)C1CC1. The highest BCUT2D eigenvalue weighted by molar-refractivity contribution is 8.13. The fourth-order valence-corrected chi connectivity index (χ4v) is 4.34. The number of hydrogen-bond acceptors (Lipinski definition) is 4. The summed E-state index contributed by atoms with van der Waals surface area (Å²) in [5.74, 6) is 0. The molecule has 0 heterocycles. The molecule has 0 amide bonds. The second-order valence-corrected chi connectivity index (χ2v) is 9.32. The predicted octanol–water partition coefficient (Wildman–Crippen LogP) is 2.48. The van der Waals surface area contributed by atoms with Gasteiger partial charge in [-0.2, -0.15) is 0 Å². The Morgan fingerprint density at radius 1 is 1.21 bits per heavy atom. The number of halogens is 2. The summed E-state index contributed by atoms with van der Waals surface area (Å²) in [7, 11) is -2.13. The predicted molar refractivity (Wildman–Crippen MR) is 74.8 cm³/mol. The van der Waals surface area contributed by atoms with Crippen molar-refractivity contribution in [2.45, 2.75) is 29.9 Å². The molecule has 1 aliphatic carbocycles. The van der Waals surface area contributed by atoms with Gasteiger partial charge in [0.05, 0.1) is 20.9 Å². The minimum atomic E-state index is -3.90. The van der Waals surface area contributed by atoms with Gasteiger partial charge in [0.1, 0.15) is 0 Å². The number of rotatable bonds is 4. The van der Waals surface area contributed by atoms with Crippen molar-refractivity contribution < 1.29 is 16.8 Å². The standard InChI is InChI=1S/C10H11Cl2NO4S2/c1-6-4-8(18(12,14)15)5-9(11)10(6)13-19(16,17)7-2-3-7/h4-5,7,13H,2-3H2,1H3. The molecule has 0 radical (unpaired) electrons. The van der Waals surface area contributed by atoms with Gasteiger partial charge in [0.25, 0.3) is 9.05 Å². The molecule has 1 saturated carbocycles. The molecular weight excluding hydrogens is 333 g/mol. The molecule has 1 aliphatic rings. The van der Waals surface area contributed by atoms with Crippen LogP contribution in [0.15, 0.2) is 17.0 Å². The van der Waals surface area contributed by atoms with Gasteiger partial charge in [-0.15, -0.1) is 0 Å². The fraction of sp³-hybridized carbons (Fsp3) is 0.400. The van der Waals surface area contributed by atoms with Crippen LogP contribution in [0.5, 0.6) is 0 Å². The van der Waals surface area contributed by atoms with Crippen molar-refractivity contribution in [2.24, 2.45) is 0 Å². The van der Waals surface area contributed by atoms with Gasteiger partial charge >= 0.3 is 0 Å². The van der Waals surface area contributed by atoms with E-state index in [1.54, 1.807) is 6.92 Å². The second kappa shape index (κ2) is 4.80. The first-order valence-electron chi connectivity index (χ1n) is 5.38. The number of anilines is 1. The van der Waals surface area contributed by atoms with Gasteiger partial charge in [0.2, 0.25) is 10.0 Å². The molecule has 1 aromatic carbocycles. The molecule has 1 N–H and O–H groups in total. The van der Waals surface area contributed by atoms with Gasteiger partial charge < -0.3 is 0 Å². The van der Waals surface area contributed by atoms with Crippen molar-refractivity contribution in [3.8, 4) is 0 Å². The van der Waals surface area contributed by atoms with Crippen LogP contribution in [-0.4, -0.2) is 22.1 Å². The molecule has 19 heavy (non-hydrogen) atoms. The van der Waals surface area contributed by atoms with Gasteiger partial charge in [-0.3, -0.25) is 4.72 Å². The number of aryl methyl sites for hydroxylation is 1. The highest BCUT2D eigenvalue weighted by atomic mass is 35.7. The van der Waals surface area contributed by atoms with E-state index in [9.17, 15) is 16.8 Å². The fourth-order valence-electron chi connectivity index (χ4n) is 1.59. The summed E-state index contributed by atoms with van der Waals surface area (Å²) in [4.78, 5) is -0.161. The summed E-state index contributed by atoms with van der Waals surface area (Å²) in [6.07, 6.45) is 1.25. The first-order chi connectivity index (χ1) is 8.61. The number of sulfonamides is 1. The summed E-state index contributed by atoms with van der Waals surface area (Å²) in [5.41, 5.74) is 0.591. The molecule has 106 valence electrons. The second-order valence-electron chi connectivity index (χ2n) is 4.38. The van der Waals surface area contributed by atoms with E-state index in [-0.39, 0.29) is 20.9 Å². The van der Waals surface area contributed by atoms with Crippen LogP contribution in [-0.2, 0) is 19.1 Å². The summed E-state index contributed by atoms with van der Waals surface area (Å²) in [6, 6.07) is 2.40. The minimum Gasteiger partial charge on any atom is -0.282 e. The van der Waals surface area contributed by atoms with Gasteiger partial charge in [-0.1, -0.05) is 11.6 Å². The van der Waals surface area contributed by atoms with Crippen molar-refractivity contribution >= 4 is 47.0 Å². The quantitative estimate of drug-likeness (QED) is 0.851. The van der Waals surface area contributed by atoms with Crippen LogP contribution in [0.3, 0.4) is 0 Å². The molecule has 0 aromatic heterocycles. The van der Waals surface area contributed by atoms with Gasteiger partial charge in [0, 0.05) is 10.7 Å². The zero-order valence-corrected chi connectivity index (χ0v) is 13.0. The molecule has 0 saturated heterocycles. The van der Waals surface area contributed by atoms with Gasteiger partial charge in [0.15, 0.2) is 0 Å². The van der Waals surface area contributed by atoms with Crippen LogP contribution in [0.4, 0.5) is 5.69 Å². The molecule has 0 spiro atoms. The minimum absolute atomic E-state index is 0.00319. The number of hydrogen-bond donors (Lipinski definition) is 1. The maximum Gasteiger partial charge on any atom is 0.261 e.